The number of carbonyl (C=O) groups excluding carboxylic acids is 4. The molecule has 8 heterocycles. The standard InChI is InChI=1S/4C24H38N2O4/c4*1-14(2)9-17-13-26-8-7-16-10-21(28-5)22(29-6)11-18(16)19(26)12-20(17)30-24(27)23(25)15(3)4/h4*10-11,14-15,17,19-20,23H,7-9,12-13,25H2,1-6H3/t4*17?,19?,20?,23-/m0000/s1/i5D3,10D,11D,20D;5D3,10D,11D,19D;10D,11D,20D;10D,11D,19D. The molecule has 12 rings (SSSR count). The van der Waals surface area contributed by atoms with Gasteiger partial charge >= 0.3 is 23.9 Å². The fraction of sp³-hybridized carbons (Fsp3) is 0.708. The van der Waals surface area contributed by atoms with Crippen molar-refractivity contribution in [1.29, 1.82) is 0 Å². The number of fused-ring (bicyclic) bond motifs is 12. The first-order valence-electron chi connectivity index (χ1n) is 52.2. The van der Waals surface area contributed by atoms with Gasteiger partial charge in [-0.3, -0.25) is 38.8 Å². The Hall–Kier alpha value is -7.16. The van der Waals surface area contributed by atoms with Crippen LogP contribution in [-0.4, -0.2) is 201 Å². The summed E-state index contributed by atoms with van der Waals surface area (Å²) in [6.45, 7) is 36.0. The summed E-state index contributed by atoms with van der Waals surface area (Å²) in [5.41, 5.74) is 28.4. The van der Waals surface area contributed by atoms with E-state index in [1.807, 2.05) is 60.3 Å². The van der Waals surface area contributed by atoms with Crippen LogP contribution in [0.25, 0.3) is 0 Å². The van der Waals surface area contributed by atoms with Gasteiger partial charge in [-0.1, -0.05) is 111 Å². The maximum atomic E-state index is 12.9. The first kappa shape index (κ1) is 73.2. The number of rotatable bonds is 28. The van der Waals surface area contributed by atoms with E-state index in [0.717, 1.165) is 24.8 Å². The highest BCUT2D eigenvalue weighted by atomic mass is 16.6. The Labute approximate surface area is 744 Å². The van der Waals surface area contributed by atoms with Crippen LogP contribution in [0.15, 0.2) is 48.3 Å². The van der Waals surface area contributed by atoms with Gasteiger partial charge in [-0.05, 0) is 192 Å². The van der Waals surface area contributed by atoms with Crippen LogP contribution in [0.1, 0.15) is 255 Å². The largest absolute Gasteiger partial charge is 0.493 e. The molecule has 0 aliphatic carbocycles. The zero-order chi connectivity index (χ0) is 104. The lowest BCUT2D eigenvalue weighted by atomic mass is 9.79. The van der Waals surface area contributed by atoms with Gasteiger partial charge in [0.2, 0.25) is 0 Å². The number of methoxy groups -OCH3 is 8. The predicted octanol–water partition coefficient (Wildman–Crippen LogP) is 14.3. The Morgan fingerprint density at radius 1 is 0.350 bits per heavy atom. The molecule has 0 aromatic heterocycles. The molecule has 8 N–H and O–H groups in total. The number of carbonyl (C=O) groups is 4. The maximum Gasteiger partial charge on any atom is 0.323 e. The van der Waals surface area contributed by atoms with E-state index < -0.39 is 105 Å². The topological polar surface area (TPSA) is 296 Å². The summed E-state index contributed by atoms with van der Waals surface area (Å²) in [4.78, 5) is 59.7. The molecule has 16 atom stereocenters. The lowest BCUT2D eigenvalue weighted by molar-refractivity contribution is -0.161. The van der Waals surface area contributed by atoms with Gasteiger partial charge in [-0.25, -0.2) is 0 Å². The molecule has 0 bridgehead atoms. The Morgan fingerprint density at radius 2 is 0.592 bits per heavy atom. The van der Waals surface area contributed by atoms with Gasteiger partial charge < -0.3 is 79.8 Å². The smallest absolute Gasteiger partial charge is 0.323 e. The normalized spacial score (nSPS) is 29.7. The number of ether oxygens (including phenoxy) is 12. The van der Waals surface area contributed by atoms with Gasteiger partial charge in [0.25, 0.3) is 0 Å². The lowest BCUT2D eigenvalue weighted by Crippen LogP contribution is -2.51. The van der Waals surface area contributed by atoms with Crippen molar-refractivity contribution in [3.63, 3.8) is 0 Å². The van der Waals surface area contributed by atoms with Crippen molar-refractivity contribution in [2.24, 2.45) is 93.9 Å². The second-order valence-corrected chi connectivity index (χ2v) is 36.4. The highest BCUT2D eigenvalue weighted by molar-refractivity contribution is 5.77. The molecule has 24 nitrogen and oxygen atoms in total. The summed E-state index contributed by atoms with van der Waals surface area (Å²) in [6.07, 6.45) is 1.54. The van der Waals surface area contributed by atoms with E-state index in [0.29, 0.717) is 136 Å². The fourth-order valence-electron chi connectivity index (χ4n) is 17.6. The summed E-state index contributed by atoms with van der Waals surface area (Å²) >= 11 is 0. The van der Waals surface area contributed by atoms with Gasteiger partial charge in [0, 0.05) is 126 Å². The monoisotopic (exact) mass is 1690 g/mol. The third kappa shape index (κ3) is 23.8. The minimum atomic E-state index is -2.83. The molecular formula is C96H152N8O16. The SMILES string of the molecule is [2H]c1c2c(c([2H])c(OC)c1OC([2H])([2H])[2H])C1([2H])CC(OC(=O)[C@@H](N)C(C)C)C(CC(C)C)CN1CC2.[2H]c1c2c(c([2H])c(OC)c1OC([2H])([2H])[2H])C1CC([2H])(OC(=O)[C@@H](N)C(C)C)C(CC(C)C)CN1CC2.[2H]c1c2c(c([2H])c(OC)c1OC)C1([2H])CC(OC(=O)[C@@H](N)C(C)C)C(CC(C)C)CN1CC2.[2H]c1c2c(c([2H])c(OC)c1OC)C1CC([2H])(OC(=O)[C@@H](N)C(C)C)C(CC(C)C)CN1CC2. The number of piperidine rings is 4. The highest BCUT2D eigenvalue weighted by Crippen LogP contribution is 2.50. The Kier molecular flexibility index (Phi) is 26.8. The quantitative estimate of drug-likeness (QED) is 0.0303. The molecule has 0 radical (unpaired) electrons. The zero-order valence-corrected chi connectivity index (χ0v) is 75.3. The van der Waals surface area contributed by atoms with Gasteiger partial charge in [0.15, 0.2) is 46.0 Å². The third-order valence-electron chi connectivity index (χ3n) is 24.4. The molecule has 8 aliphatic heterocycles. The van der Waals surface area contributed by atoms with E-state index in [9.17, 15) is 24.7 Å². The first-order chi connectivity index (χ1) is 64.1. The Morgan fingerprint density at radius 3 is 0.867 bits per heavy atom. The summed E-state index contributed by atoms with van der Waals surface area (Å²) in [5.74, 6) is -1.62. The van der Waals surface area contributed by atoms with E-state index in [4.69, 9.17) is 99.0 Å². The van der Waals surface area contributed by atoms with Crippen molar-refractivity contribution < 1.29 is 101 Å². The number of hydrogen-bond donors (Lipinski definition) is 4. The van der Waals surface area contributed by atoms with Gasteiger partial charge in [-0.15, -0.1) is 0 Å². The van der Waals surface area contributed by atoms with Crippen LogP contribution < -0.4 is 60.8 Å². The average molecular weight is 1690 g/mol. The molecular weight excluding hydrogens is 1520 g/mol. The second kappa shape index (κ2) is 43.9. The van der Waals surface area contributed by atoms with E-state index in [1.165, 1.54) is 42.7 Å². The van der Waals surface area contributed by atoms with Gasteiger partial charge in [0.1, 0.15) is 48.5 Å². The Balaban J connectivity index is 0.000000206. The lowest BCUT2D eigenvalue weighted by Gasteiger charge is -2.47. The molecule has 120 heavy (non-hydrogen) atoms. The molecule has 8 aliphatic rings. The van der Waals surface area contributed by atoms with Crippen molar-refractivity contribution >= 4 is 23.9 Å². The molecule has 4 aromatic rings. The van der Waals surface area contributed by atoms with Crippen LogP contribution >= 0.6 is 0 Å². The van der Waals surface area contributed by atoms with Crippen LogP contribution in [0, 0.1) is 71.0 Å². The molecule has 0 amide bonds. The van der Waals surface area contributed by atoms with Crippen molar-refractivity contribution in [1.82, 2.24) is 19.6 Å². The maximum absolute atomic E-state index is 12.9. The van der Waals surface area contributed by atoms with Crippen molar-refractivity contribution in [3.8, 4) is 46.0 Å². The molecule has 4 fully saturated rings. The zero-order valence-electron chi connectivity index (χ0n) is 93.3. The van der Waals surface area contributed by atoms with Crippen LogP contribution in [0.4, 0.5) is 0 Å². The van der Waals surface area contributed by atoms with Crippen LogP contribution in [0.3, 0.4) is 0 Å². The summed E-state index contributed by atoms with van der Waals surface area (Å²) in [5, 5.41) is 0. The van der Waals surface area contributed by atoms with E-state index >= 15 is 0 Å². The molecule has 4 saturated heterocycles. The minimum absolute atomic E-state index is 0.0157. The van der Waals surface area contributed by atoms with Crippen LogP contribution in [0.2, 0.25) is 0 Å². The molecule has 0 spiro atoms. The van der Waals surface area contributed by atoms with Crippen LogP contribution in [-0.2, 0) is 63.8 Å². The molecule has 672 valence electrons. The van der Waals surface area contributed by atoms with Crippen molar-refractivity contribution in [2.75, 3.05) is 109 Å². The van der Waals surface area contributed by atoms with Crippen LogP contribution in [0.5, 0.6) is 46.0 Å². The number of hydrogen-bond acceptors (Lipinski definition) is 24. The van der Waals surface area contributed by atoms with E-state index in [-0.39, 0.29) is 185 Å². The number of esters is 4. The summed E-state index contributed by atoms with van der Waals surface area (Å²) < 4.78 is 219. The first-order valence-corrected chi connectivity index (χ1v) is 43.2. The molecule has 0 saturated carbocycles. The second-order valence-electron chi connectivity index (χ2n) is 36.4. The summed E-state index contributed by atoms with van der Waals surface area (Å²) in [7, 11) is 2.78. The van der Waals surface area contributed by atoms with Gasteiger partial charge in [-0.2, -0.15) is 0 Å². The van der Waals surface area contributed by atoms with E-state index in [1.54, 1.807) is 0 Å². The number of benzene rings is 4. The predicted molar refractivity (Wildman–Crippen MR) is 471 cm³/mol. The number of nitrogens with two attached hydrogens (primary N) is 4. The molecule has 24 heteroatoms. The number of nitrogens with zero attached hydrogens (tertiary/aromatic N) is 4. The highest BCUT2D eigenvalue weighted by Gasteiger charge is 2.47. The fourth-order valence-corrected chi connectivity index (χ4v) is 17.6. The Bertz CT molecular complexity index is 4960. The molecule has 12 unspecified atom stereocenters. The van der Waals surface area contributed by atoms with Crippen molar-refractivity contribution in [2.45, 2.75) is 260 Å². The third-order valence-corrected chi connectivity index (χ3v) is 24.4. The molecule has 4 aromatic carbocycles. The van der Waals surface area contributed by atoms with Gasteiger partial charge in [0.05, 0.1) is 81.4 Å². The summed E-state index contributed by atoms with van der Waals surface area (Å²) in [6, 6.07) is -6.70. The van der Waals surface area contributed by atoms with Crippen molar-refractivity contribution in [3.05, 3.63) is 92.8 Å². The van der Waals surface area contributed by atoms with E-state index in [2.05, 4.69) is 70.1 Å². The minimum Gasteiger partial charge on any atom is -0.493 e. The average Bonchev–Trinajstić information content (AvgIpc) is 0.723.